The lowest BCUT2D eigenvalue weighted by molar-refractivity contribution is -0.238. The van der Waals surface area contributed by atoms with Crippen molar-refractivity contribution in [3.05, 3.63) is 66.0 Å². The number of hydrogen-bond donors (Lipinski definition) is 0. The van der Waals surface area contributed by atoms with E-state index in [0.717, 1.165) is 36.9 Å². The van der Waals surface area contributed by atoms with Gasteiger partial charge in [0.25, 0.3) is 0 Å². The Hall–Kier alpha value is -2.24. The van der Waals surface area contributed by atoms with Crippen LogP contribution in [0.5, 0.6) is 0 Å². The van der Waals surface area contributed by atoms with Gasteiger partial charge in [-0.15, -0.1) is 0 Å². The van der Waals surface area contributed by atoms with E-state index in [1.54, 1.807) is 12.4 Å². The molecule has 2 saturated heterocycles. The molecule has 0 radical (unpaired) electrons. The molecular formula is C24H28N2O3. The molecule has 3 heterocycles. The van der Waals surface area contributed by atoms with Gasteiger partial charge < -0.3 is 14.4 Å². The number of amides is 1. The Morgan fingerprint density at radius 3 is 2.52 bits per heavy atom. The van der Waals surface area contributed by atoms with Crippen LogP contribution in [0.2, 0.25) is 0 Å². The van der Waals surface area contributed by atoms with E-state index in [4.69, 9.17) is 9.47 Å². The van der Waals surface area contributed by atoms with Crippen molar-refractivity contribution in [2.45, 2.75) is 43.9 Å². The lowest BCUT2D eigenvalue weighted by Gasteiger charge is -2.56. The molecule has 1 spiro atoms. The van der Waals surface area contributed by atoms with Crippen LogP contribution in [0, 0.1) is 11.8 Å². The summed E-state index contributed by atoms with van der Waals surface area (Å²) in [6.45, 7) is 4.92. The average Bonchev–Trinajstić information content (AvgIpc) is 3.24. The fourth-order valence-corrected chi connectivity index (χ4v) is 5.91. The van der Waals surface area contributed by atoms with Crippen molar-refractivity contribution in [2.75, 3.05) is 19.8 Å². The first-order valence-corrected chi connectivity index (χ1v) is 10.7. The largest absolute Gasteiger partial charge is 0.347 e. The fourth-order valence-electron chi connectivity index (χ4n) is 5.91. The molecule has 0 N–H and O–H groups in total. The quantitative estimate of drug-likeness (QED) is 0.802. The third-order valence-corrected chi connectivity index (χ3v) is 7.36. The molecule has 3 fully saturated rings. The number of nitrogens with zero attached hydrogens (tertiary/aromatic N) is 2. The van der Waals surface area contributed by atoms with Crippen LogP contribution in [0.15, 0.2) is 54.9 Å². The summed E-state index contributed by atoms with van der Waals surface area (Å²) in [4.78, 5) is 20.2. The molecule has 0 bridgehead atoms. The molecule has 152 valence electrons. The topological polar surface area (TPSA) is 51.7 Å². The smallest absolute Gasteiger partial charge is 0.233 e. The number of hydrogen-bond acceptors (Lipinski definition) is 4. The van der Waals surface area contributed by atoms with Crippen LogP contribution in [0.4, 0.5) is 0 Å². The van der Waals surface area contributed by atoms with E-state index in [9.17, 15) is 4.79 Å². The van der Waals surface area contributed by atoms with Crippen LogP contribution < -0.4 is 0 Å². The van der Waals surface area contributed by atoms with E-state index in [2.05, 4.69) is 24.0 Å². The van der Waals surface area contributed by atoms with Gasteiger partial charge in [-0.2, -0.15) is 0 Å². The van der Waals surface area contributed by atoms with Crippen molar-refractivity contribution in [2.24, 2.45) is 11.8 Å². The average molecular weight is 392 g/mol. The van der Waals surface area contributed by atoms with Gasteiger partial charge in [0.1, 0.15) is 0 Å². The predicted octanol–water partition coefficient (Wildman–Crippen LogP) is 3.54. The second-order valence-electron chi connectivity index (χ2n) is 8.61. The molecule has 29 heavy (non-hydrogen) atoms. The van der Waals surface area contributed by atoms with Gasteiger partial charge in [0.05, 0.1) is 18.6 Å². The Labute approximate surface area is 172 Å². The summed E-state index contributed by atoms with van der Waals surface area (Å²) in [5, 5.41) is 0. The first-order valence-electron chi connectivity index (χ1n) is 10.7. The number of piperidine rings is 1. The van der Waals surface area contributed by atoms with Crippen molar-refractivity contribution >= 4 is 5.91 Å². The monoisotopic (exact) mass is 392 g/mol. The molecule has 5 heteroatoms. The Kier molecular flexibility index (Phi) is 4.67. The SMILES string of the molecule is C[C@H]1[C@@H]2CCN(Cc3ccncc3)C(=O)[C@@]2(c2ccccc2)CCC12OCCO2. The number of carbonyl (C=O) groups is 1. The van der Waals surface area contributed by atoms with E-state index in [1.807, 2.05) is 35.2 Å². The summed E-state index contributed by atoms with van der Waals surface area (Å²) >= 11 is 0. The summed E-state index contributed by atoms with van der Waals surface area (Å²) in [5.74, 6) is 0.108. The van der Waals surface area contributed by atoms with Gasteiger partial charge in [-0.3, -0.25) is 9.78 Å². The fraction of sp³-hybridized carbons (Fsp3) is 0.500. The first-order chi connectivity index (χ1) is 14.2. The van der Waals surface area contributed by atoms with Crippen LogP contribution >= 0.6 is 0 Å². The van der Waals surface area contributed by atoms with E-state index in [-0.39, 0.29) is 17.7 Å². The molecule has 5 rings (SSSR count). The predicted molar refractivity (Wildman–Crippen MR) is 109 cm³/mol. The molecule has 5 nitrogen and oxygen atoms in total. The number of carbonyl (C=O) groups excluding carboxylic acids is 1. The van der Waals surface area contributed by atoms with Crippen LogP contribution in [0.3, 0.4) is 0 Å². The second kappa shape index (κ2) is 7.22. The maximum Gasteiger partial charge on any atom is 0.233 e. The maximum atomic E-state index is 14.1. The zero-order valence-corrected chi connectivity index (χ0v) is 16.9. The number of fused-ring (bicyclic) bond motifs is 1. The number of aromatic nitrogens is 1. The minimum absolute atomic E-state index is 0.172. The Balaban J connectivity index is 1.53. The molecule has 1 aromatic carbocycles. The minimum atomic E-state index is -0.517. The summed E-state index contributed by atoms with van der Waals surface area (Å²) in [5.41, 5.74) is 1.75. The number of likely N-dealkylation sites (tertiary alicyclic amines) is 1. The lowest BCUT2D eigenvalue weighted by Crippen LogP contribution is -2.64. The molecule has 2 aromatic rings. The molecule has 1 aromatic heterocycles. The number of ether oxygens (including phenoxy) is 2. The van der Waals surface area contributed by atoms with Gasteiger partial charge in [0, 0.05) is 37.8 Å². The highest BCUT2D eigenvalue weighted by molar-refractivity contribution is 5.90. The van der Waals surface area contributed by atoms with Crippen LogP contribution in [-0.4, -0.2) is 41.3 Å². The van der Waals surface area contributed by atoms with Crippen molar-refractivity contribution in [3.8, 4) is 0 Å². The zero-order chi connectivity index (χ0) is 19.9. The molecular weight excluding hydrogens is 364 g/mol. The van der Waals surface area contributed by atoms with Crippen LogP contribution in [0.1, 0.15) is 37.3 Å². The Morgan fingerprint density at radius 1 is 1.07 bits per heavy atom. The van der Waals surface area contributed by atoms with Crippen molar-refractivity contribution in [1.29, 1.82) is 0 Å². The van der Waals surface area contributed by atoms with Crippen LogP contribution in [-0.2, 0) is 26.2 Å². The summed E-state index contributed by atoms with van der Waals surface area (Å²) < 4.78 is 12.3. The Morgan fingerprint density at radius 2 is 1.79 bits per heavy atom. The van der Waals surface area contributed by atoms with Crippen molar-refractivity contribution in [1.82, 2.24) is 9.88 Å². The number of pyridine rings is 1. The molecule has 1 amide bonds. The third kappa shape index (κ3) is 2.90. The van der Waals surface area contributed by atoms with E-state index >= 15 is 0 Å². The number of rotatable bonds is 3. The lowest BCUT2D eigenvalue weighted by atomic mass is 9.54. The van der Waals surface area contributed by atoms with Crippen molar-refractivity contribution < 1.29 is 14.3 Å². The van der Waals surface area contributed by atoms with Gasteiger partial charge >= 0.3 is 0 Å². The Bertz CT molecular complexity index is 866. The minimum Gasteiger partial charge on any atom is -0.347 e. The van der Waals surface area contributed by atoms with E-state index in [1.165, 1.54) is 0 Å². The van der Waals surface area contributed by atoms with Gasteiger partial charge in [0.2, 0.25) is 5.91 Å². The molecule has 3 atom stereocenters. The van der Waals surface area contributed by atoms with E-state index < -0.39 is 11.2 Å². The highest BCUT2D eigenvalue weighted by Gasteiger charge is 2.62. The van der Waals surface area contributed by atoms with Gasteiger partial charge in [-0.25, -0.2) is 0 Å². The normalized spacial score (nSPS) is 31.1. The summed E-state index contributed by atoms with van der Waals surface area (Å²) in [7, 11) is 0. The van der Waals surface area contributed by atoms with Crippen molar-refractivity contribution in [3.63, 3.8) is 0 Å². The summed E-state index contributed by atoms with van der Waals surface area (Å²) in [6, 6.07) is 14.4. The number of benzene rings is 1. The highest BCUT2D eigenvalue weighted by atomic mass is 16.7. The molecule has 1 aliphatic carbocycles. The molecule has 0 unspecified atom stereocenters. The molecule has 2 aliphatic heterocycles. The molecule has 1 saturated carbocycles. The van der Waals surface area contributed by atoms with Gasteiger partial charge in [0.15, 0.2) is 5.79 Å². The van der Waals surface area contributed by atoms with E-state index in [0.29, 0.717) is 19.8 Å². The second-order valence-corrected chi connectivity index (χ2v) is 8.61. The standard InChI is InChI=1S/C24H28N2O3/c1-18-21-9-14-26(17-19-7-12-25-13-8-19)22(27)23(21,20-5-3-2-4-6-20)10-11-24(18)28-15-16-29-24/h2-8,12-13,18,21H,9-11,14-17H2,1H3/t18-,21-,23+/m0/s1. The third-order valence-electron chi connectivity index (χ3n) is 7.36. The van der Waals surface area contributed by atoms with Crippen LogP contribution in [0.25, 0.3) is 0 Å². The van der Waals surface area contributed by atoms with Gasteiger partial charge in [-0.1, -0.05) is 37.3 Å². The first kappa shape index (κ1) is 18.8. The maximum absolute atomic E-state index is 14.1. The summed E-state index contributed by atoms with van der Waals surface area (Å²) in [6.07, 6.45) is 6.06. The zero-order valence-electron chi connectivity index (χ0n) is 16.9. The van der Waals surface area contributed by atoms with Gasteiger partial charge in [-0.05, 0) is 42.0 Å². The molecule has 3 aliphatic rings. The highest BCUT2D eigenvalue weighted by Crippen LogP contribution is 2.56.